The predicted molar refractivity (Wildman–Crippen MR) is 154 cm³/mol. The number of nitrogens with zero attached hydrogens (tertiary/aromatic N) is 2. The van der Waals surface area contributed by atoms with Crippen LogP contribution in [0.1, 0.15) is 56.1 Å². The molecule has 41 heavy (non-hydrogen) atoms. The summed E-state index contributed by atoms with van der Waals surface area (Å²) in [4.78, 5) is 31.2. The fraction of sp³-hybridized carbons (Fsp3) is 0.412. The normalized spacial score (nSPS) is 17.7. The number of likely N-dealkylation sites (tertiary alicyclic amines) is 1. The monoisotopic (exact) mass is 560 g/mol. The number of carbonyl (C=O) groups is 2. The number of halogens is 2. The fourth-order valence-electron chi connectivity index (χ4n) is 6.42. The van der Waals surface area contributed by atoms with Gasteiger partial charge in [-0.2, -0.15) is 0 Å². The summed E-state index contributed by atoms with van der Waals surface area (Å²) in [7, 11) is 1.81. The van der Waals surface area contributed by atoms with Gasteiger partial charge in [-0.25, -0.2) is 8.78 Å². The Bertz CT molecular complexity index is 1330. The summed E-state index contributed by atoms with van der Waals surface area (Å²) in [6.45, 7) is 1.80. The van der Waals surface area contributed by atoms with Crippen molar-refractivity contribution in [2.24, 2.45) is 5.41 Å². The molecule has 1 saturated heterocycles. The Hall–Kier alpha value is -3.74. The average Bonchev–Trinajstić information content (AvgIpc) is 3.49. The lowest BCUT2D eigenvalue weighted by atomic mass is 9.73. The van der Waals surface area contributed by atoms with Gasteiger partial charge in [0, 0.05) is 38.5 Å². The molecule has 0 radical (unpaired) electrons. The van der Waals surface area contributed by atoms with Crippen molar-refractivity contribution in [2.75, 3.05) is 26.7 Å². The van der Waals surface area contributed by atoms with Crippen molar-refractivity contribution in [2.45, 2.75) is 56.9 Å². The second kappa shape index (κ2) is 12.4. The van der Waals surface area contributed by atoms with E-state index in [1.54, 1.807) is 23.1 Å². The lowest BCUT2D eigenvalue weighted by Crippen LogP contribution is -2.52. The Kier molecular flexibility index (Phi) is 8.71. The minimum atomic E-state index is -0.696. The molecule has 0 unspecified atom stereocenters. The Morgan fingerprint density at radius 2 is 1.54 bits per heavy atom. The van der Waals surface area contributed by atoms with Crippen molar-refractivity contribution >= 4 is 11.8 Å². The SMILES string of the molecule is CN(Cc1ccccc1)C(=O)CC1(COc2ccc(F)cc2)CCN(C(=O)C2(c3cccc(F)c3)CCCC2)CC1. The van der Waals surface area contributed by atoms with Gasteiger partial charge in [0.2, 0.25) is 11.8 Å². The summed E-state index contributed by atoms with van der Waals surface area (Å²) in [5, 5.41) is 0. The van der Waals surface area contributed by atoms with Crippen LogP contribution in [0.5, 0.6) is 5.75 Å². The van der Waals surface area contributed by atoms with Gasteiger partial charge in [0.1, 0.15) is 17.4 Å². The molecule has 5 nitrogen and oxygen atoms in total. The molecule has 0 N–H and O–H groups in total. The van der Waals surface area contributed by atoms with Crippen LogP contribution in [0.4, 0.5) is 8.78 Å². The Morgan fingerprint density at radius 1 is 0.854 bits per heavy atom. The molecular formula is C34H38F2N2O3. The fourth-order valence-corrected chi connectivity index (χ4v) is 6.42. The zero-order valence-electron chi connectivity index (χ0n) is 23.7. The maximum absolute atomic E-state index is 14.2. The first-order valence-corrected chi connectivity index (χ1v) is 14.5. The zero-order valence-corrected chi connectivity index (χ0v) is 23.7. The van der Waals surface area contributed by atoms with Gasteiger partial charge in [0.05, 0.1) is 12.0 Å². The highest BCUT2D eigenvalue weighted by Crippen LogP contribution is 2.45. The van der Waals surface area contributed by atoms with E-state index in [1.807, 2.05) is 48.3 Å². The lowest BCUT2D eigenvalue weighted by molar-refractivity contribution is -0.141. The second-order valence-electron chi connectivity index (χ2n) is 11.7. The van der Waals surface area contributed by atoms with Crippen LogP contribution in [0.25, 0.3) is 0 Å². The first-order chi connectivity index (χ1) is 19.8. The number of benzene rings is 3. The van der Waals surface area contributed by atoms with E-state index in [1.165, 1.54) is 24.3 Å². The standard InChI is InChI=1S/C34H38F2N2O3/c1-37(24-26-8-3-2-4-9-26)31(39)23-33(25-41-30-14-12-28(35)13-15-30)18-20-38(21-19-33)32(40)34(16-5-6-17-34)27-10-7-11-29(36)22-27/h2-4,7-15,22H,5-6,16-21,23-25H2,1H3. The third kappa shape index (κ3) is 6.61. The molecule has 1 heterocycles. The third-order valence-corrected chi connectivity index (χ3v) is 8.93. The Balaban J connectivity index is 1.31. The van der Waals surface area contributed by atoms with Gasteiger partial charge in [0.15, 0.2) is 0 Å². The van der Waals surface area contributed by atoms with Crippen LogP contribution in [-0.2, 0) is 21.5 Å². The van der Waals surface area contributed by atoms with E-state index in [4.69, 9.17) is 4.74 Å². The van der Waals surface area contributed by atoms with Crippen molar-refractivity contribution < 1.29 is 23.1 Å². The van der Waals surface area contributed by atoms with Gasteiger partial charge in [-0.3, -0.25) is 9.59 Å². The molecule has 0 spiro atoms. The van der Waals surface area contributed by atoms with Gasteiger partial charge in [0.25, 0.3) is 0 Å². The third-order valence-electron chi connectivity index (χ3n) is 8.93. The average molecular weight is 561 g/mol. The van der Waals surface area contributed by atoms with Gasteiger partial charge < -0.3 is 14.5 Å². The van der Waals surface area contributed by atoms with Crippen LogP contribution >= 0.6 is 0 Å². The minimum Gasteiger partial charge on any atom is -0.493 e. The summed E-state index contributed by atoms with van der Waals surface area (Å²) in [6.07, 6.45) is 4.80. The van der Waals surface area contributed by atoms with Gasteiger partial charge in [-0.1, -0.05) is 55.3 Å². The van der Waals surface area contributed by atoms with Crippen molar-refractivity contribution in [3.63, 3.8) is 0 Å². The Labute approximate surface area is 241 Å². The smallest absolute Gasteiger partial charge is 0.233 e. The summed E-state index contributed by atoms with van der Waals surface area (Å²) in [5.74, 6) is -0.0408. The van der Waals surface area contributed by atoms with Gasteiger partial charge in [-0.15, -0.1) is 0 Å². The van der Waals surface area contributed by atoms with E-state index in [2.05, 4.69) is 0 Å². The number of carbonyl (C=O) groups excluding carboxylic acids is 2. The highest BCUT2D eigenvalue weighted by atomic mass is 19.1. The summed E-state index contributed by atoms with van der Waals surface area (Å²) in [5.41, 5.74) is 0.640. The van der Waals surface area contributed by atoms with Crippen molar-refractivity contribution in [1.82, 2.24) is 9.80 Å². The van der Waals surface area contributed by atoms with E-state index in [9.17, 15) is 18.4 Å². The van der Waals surface area contributed by atoms with Crippen molar-refractivity contribution in [3.8, 4) is 5.75 Å². The van der Waals surface area contributed by atoms with Crippen molar-refractivity contribution in [3.05, 3.63) is 102 Å². The maximum atomic E-state index is 14.2. The topological polar surface area (TPSA) is 49.9 Å². The number of piperidine rings is 1. The molecule has 2 amide bonds. The van der Waals surface area contributed by atoms with Crippen LogP contribution in [0.15, 0.2) is 78.9 Å². The summed E-state index contributed by atoms with van der Waals surface area (Å²) in [6, 6.07) is 22.2. The van der Waals surface area contributed by atoms with Crippen molar-refractivity contribution in [1.29, 1.82) is 0 Å². The molecule has 2 aliphatic rings. The molecule has 0 aromatic heterocycles. The van der Waals surface area contributed by atoms with Gasteiger partial charge in [-0.05, 0) is 73.2 Å². The van der Waals surface area contributed by atoms with Crippen LogP contribution in [0.2, 0.25) is 0 Å². The molecule has 1 aliphatic heterocycles. The molecular weight excluding hydrogens is 522 g/mol. The van der Waals surface area contributed by atoms with Crippen LogP contribution in [0.3, 0.4) is 0 Å². The number of ether oxygens (including phenoxy) is 1. The van der Waals surface area contributed by atoms with E-state index in [0.29, 0.717) is 57.7 Å². The predicted octanol–water partition coefficient (Wildman–Crippen LogP) is 6.51. The number of rotatable bonds is 9. The van der Waals surface area contributed by atoms with E-state index < -0.39 is 10.8 Å². The number of hydrogen-bond donors (Lipinski definition) is 0. The van der Waals surface area contributed by atoms with Crippen LogP contribution in [-0.4, -0.2) is 48.4 Å². The first kappa shape index (κ1) is 28.8. The molecule has 2 fully saturated rings. The lowest BCUT2D eigenvalue weighted by Gasteiger charge is -2.44. The Morgan fingerprint density at radius 3 is 2.20 bits per heavy atom. The van der Waals surface area contributed by atoms with E-state index >= 15 is 0 Å². The molecule has 3 aromatic rings. The minimum absolute atomic E-state index is 0.0170. The molecule has 5 rings (SSSR count). The van der Waals surface area contributed by atoms with E-state index in [0.717, 1.165) is 24.0 Å². The quantitative estimate of drug-likeness (QED) is 0.300. The summed E-state index contributed by atoms with van der Waals surface area (Å²) >= 11 is 0. The molecule has 3 aromatic carbocycles. The highest BCUT2D eigenvalue weighted by molar-refractivity contribution is 5.89. The zero-order chi connectivity index (χ0) is 28.9. The number of amides is 2. The molecule has 1 aliphatic carbocycles. The molecule has 1 saturated carbocycles. The highest BCUT2D eigenvalue weighted by Gasteiger charge is 2.47. The van der Waals surface area contributed by atoms with Crippen LogP contribution < -0.4 is 4.74 Å². The van der Waals surface area contributed by atoms with Gasteiger partial charge >= 0.3 is 0 Å². The largest absolute Gasteiger partial charge is 0.493 e. The van der Waals surface area contributed by atoms with E-state index in [-0.39, 0.29) is 29.9 Å². The second-order valence-corrected chi connectivity index (χ2v) is 11.7. The first-order valence-electron chi connectivity index (χ1n) is 14.5. The molecule has 216 valence electrons. The number of hydrogen-bond acceptors (Lipinski definition) is 3. The molecule has 0 bridgehead atoms. The van der Waals surface area contributed by atoms with Crippen LogP contribution in [0, 0.1) is 17.0 Å². The summed E-state index contributed by atoms with van der Waals surface area (Å²) < 4.78 is 33.7. The maximum Gasteiger partial charge on any atom is 0.233 e. The molecule has 0 atom stereocenters. The molecule has 7 heteroatoms.